The third-order valence-electron chi connectivity index (χ3n) is 4.44. The number of hydrogen-bond acceptors (Lipinski definition) is 2. The van der Waals surface area contributed by atoms with E-state index >= 15 is 0 Å². The summed E-state index contributed by atoms with van der Waals surface area (Å²) in [6.07, 6.45) is 2.23. The van der Waals surface area contributed by atoms with Crippen LogP contribution in [-0.4, -0.2) is 35.2 Å². The summed E-state index contributed by atoms with van der Waals surface area (Å²) in [5, 5.41) is 10.1. The van der Waals surface area contributed by atoms with Crippen LogP contribution in [0.2, 0.25) is 0 Å². The van der Waals surface area contributed by atoms with Gasteiger partial charge in [-0.15, -0.1) is 0 Å². The van der Waals surface area contributed by atoms with E-state index in [4.69, 9.17) is 0 Å². The molecular weight excluding hydrogens is 198 g/mol. The number of nitrogens with zero attached hydrogens (tertiary/aromatic N) is 1. The van der Waals surface area contributed by atoms with Gasteiger partial charge in [0, 0.05) is 19.1 Å². The molecule has 1 aliphatic rings. The van der Waals surface area contributed by atoms with Crippen molar-refractivity contribution in [2.45, 2.75) is 59.6 Å². The summed E-state index contributed by atoms with van der Waals surface area (Å²) in [4.78, 5) is 2.48. The maximum atomic E-state index is 10.1. The van der Waals surface area contributed by atoms with Crippen molar-refractivity contribution in [1.29, 1.82) is 0 Å². The van der Waals surface area contributed by atoms with Crippen LogP contribution >= 0.6 is 0 Å². The lowest BCUT2D eigenvalue weighted by Gasteiger charge is -2.42. The van der Waals surface area contributed by atoms with Gasteiger partial charge in [0.05, 0.1) is 6.10 Å². The highest BCUT2D eigenvalue weighted by Gasteiger charge is 2.30. The number of piperidine rings is 1. The molecule has 2 nitrogen and oxygen atoms in total. The second-order valence-corrected chi connectivity index (χ2v) is 5.97. The highest BCUT2D eigenvalue weighted by Crippen LogP contribution is 2.27. The van der Waals surface area contributed by atoms with E-state index in [9.17, 15) is 5.11 Å². The molecule has 0 aromatic rings. The number of likely N-dealkylation sites (tertiary alicyclic amines) is 1. The number of aliphatic hydroxyl groups is 1. The highest BCUT2D eigenvalue weighted by atomic mass is 16.3. The Bertz CT molecular complexity index is 207. The Labute approximate surface area is 101 Å². The van der Waals surface area contributed by atoms with Gasteiger partial charge in [-0.3, -0.25) is 4.90 Å². The first-order valence-electron chi connectivity index (χ1n) is 6.87. The van der Waals surface area contributed by atoms with Crippen molar-refractivity contribution in [3.05, 3.63) is 0 Å². The van der Waals surface area contributed by atoms with Gasteiger partial charge in [0.2, 0.25) is 0 Å². The van der Waals surface area contributed by atoms with Crippen molar-refractivity contribution < 1.29 is 5.11 Å². The van der Waals surface area contributed by atoms with Crippen LogP contribution in [0.3, 0.4) is 0 Å². The van der Waals surface area contributed by atoms with E-state index < -0.39 is 0 Å². The second-order valence-electron chi connectivity index (χ2n) is 5.97. The molecule has 0 amide bonds. The molecule has 5 unspecified atom stereocenters. The molecule has 0 aliphatic carbocycles. The molecule has 1 fully saturated rings. The van der Waals surface area contributed by atoms with E-state index in [1.165, 1.54) is 6.42 Å². The van der Waals surface area contributed by atoms with Crippen LogP contribution in [0.4, 0.5) is 0 Å². The molecule has 5 atom stereocenters. The lowest BCUT2D eigenvalue weighted by Crippen LogP contribution is -2.49. The van der Waals surface area contributed by atoms with E-state index in [1.807, 2.05) is 0 Å². The molecule has 1 aliphatic heterocycles. The largest absolute Gasteiger partial charge is 0.392 e. The maximum absolute atomic E-state index is 10.1. The van der Waals surface area contributed by atoms with Crippen LogP contribution in [-0.2, 0) is 0 Å². The van der Waals surface area contributed by atoms with Crippen LogP contribution in [0.5, 0.6) is 0 Å². The Morgan fingerprint density at radius 2 is 1.94 bits per heavy atom. The minimum absolute atomic E-state index is 0.162. The number of rotatable bonds is 4. The normalized spacial score (nSPS) is 36.0. The molecule has 1 N–H and O–H groups in total. The van der Waals surface area contributed by atoms with Gasteiger partial charge >= 0.3 is 0 Å². The molecule has 0 aromatic heterocycles. The SMILES string of the molecule is CCC(C)C(O)CN1CC(C)CC(C)C1C. The Morgan fingerprint density at radius 3 is 2.50 bits per heavy atom. The van der Waals surface area contributed by atoms with Gasteiger partial charge in [0.15, 0.2) is 0 Å². The van der Waals surface area contributed by atoms with E-state index in [0.29, 0.717) is 12.0 Å². The van der Waals surface area contributed by atoms with Gasteiger partial charge < -0.3 is 5.11 Å². The fourth-order valence-corrected chi connectivity index (χ4v) is 2.77. The lowest BCUT2D eigenvalue weighted by atomic mass is 9.85. The van der Waals surface area contributed by atoms with Crippen LogP contribution < -0.4 is 0 Å². The minimum Gasteiger partial charge on any atom is -0.392 e. The Morgan fingerprint density at radius 1 is 1.31 bits per heavy atom. The first kappa shape index (κ1) is 14.0. The molecule has 0 radical (unpaired) electrons. The fourth-order valence-electron chi connectivity index (χ4n) is 2.77. The van der Waals surface area contributed by atoms with E-state index in [0.717, 1.165) is 31.3 Å². The molecule has 0 saturated carbocycles. The quantitative estimate of drug-likeness (QED) is 0.798. The predicted octanol–water partition coefficient (Wildman–Crippen LogP) is 2.76. The van der Waals surface area contributed by atoms with Crippen LogP contribution in [0, 0.1) is 17.8 Å². The summed E-state index contributed by atoms with van der Waals surface area (Å²) in [5.41, 5.74) is 0. The van der Waals surface area contributed by atoms with Gasteiger partial charge in [-0.05, 0) is 31.1 Å². The maximum Gasteiger partial charge on any atom is 0.0692 e. The third kappa shape index (κ3) is 3.46. The number of aliphatic hydroxyl groups excluding tert-OH is 1. The highest BCUT2D eigenvalue weighted by molar-refractivity contribution is 4.83. The Hall–Kier alpha value is -0.0800. The fraction of sp³-hybridized carbons (Fsp3) is 1.00. The minimum atomic E-state index is -0.162. The third-order valence-corrected chi connectivity index (χ3v) is 4.44. The van der Waals surface area contributed by atoms with Gasteiger partial charge in [-0.25, -0.2) is 0 Å². The molecule has 0 bridgehead atoms. The first-order valence-corrected chi connectivity index (χ1v) is 6.87. The average molecular weight is 227 g/mol. The van der Waals surface area contributed by atoms with Gasteiger partial charge in [-0.2, -0.15) is 0 Å². The van der Waals surface area contributed by atoms with Crippen molar-refractivity contribution in [2.75, 3.05) is 13.1 Å². The monoisotopic (exact) mass is 227 g/mol. The molecule has 1 heterocycles. The van der Waals surface area contributed by atoms with E-state index in [2.05, 4.69) is 39.5 Å². The molecule has 1 rings (SSSR count). The molecular formula is C14H29NO. The number of β-amino-alcohol motifs (C(OH)–C–C–N with tert-alkyl or cyclic N) is 1. The number of hydrogen-bond donors (Lipinski definition) is 1. The molecule has 2 heteroatoms. The lowest BCUT2D eigenvalue weighted by molar-refractivity contribution is 0.0120. The standard InChI is InChI=1S/C14H29NO/c1-6-11(3)14(16)9-15-8-10(2)7-12(4)13(15)5/h10-14,16H,6-9H2,1-5H3. The summed E-state index contributed by atoms with van der Waals surface area (Å²) in [7, 11) is 0. The topological polar surface area (TPSA) is 23.5 Å². The second kappa shape index (κ2) is 6.02. The Kier molecular flexibility index (Phi) is 5.26. The van der Waals surface area contributed by atoms with Gasteiger partial charge in [-0.1, -0.05) is 34.1 Å². The van der Waals surface area contributed by atoms with Crippen molar-refractivity contribution >= 4 is 0 Å². The van der Waals surface area contributed by atoms with Crippen LogP contribution in [0.15, 0.2) is 0 Å². The van der Waals surface area contributed by atoms with Crippen LogP contribution in [0.1, 0.15) is 47.5 Å². The average Bonchev–Trinajstić information content (AvgIpc) is 2.23. The van der Waals surface area contributed by atoms with Crippen molar-refractivity contribution in [3.8, 4) is 0 Å². The smallest absolute Gasteiger partial charge is 0.0692 e. The first-order chi connectivity index (χ1) is 7.45. The van der Waals surface area contributed by atoms with E-state index in [-0.39, 0.29) is 6.10 Å². The summed E-state index contributed by atoms with van der Waals surface area (Å²) < 4.78 is 0. The van der Waals surface area contributed by atoms with Crippen molar-refractivity contribution in [2.24, 2.45) is 17.8 Å². The van der Waals surface area contributed by atoms with Crippen LogP contribution in [0.25, 0.3) is 0 Å². The molecule has 96 valence electrons. The van der Waals surface area contributed by atoms with E-state index in [1.54, 1.807) is 0 Å². The van der Waals surface area contributed by atoms with Crippen molar-refractivity contribution in [3.63, 3.8) is 0 Å². The summed E-state index contributed by atoms with van der Waals surface area (Å²) >= 11 is 0. The molecule has 1 saturated heterocycles. The van der Waals surface area contributed by atoms with Gasteiger partial charge in [0.25, 0.3) is 0 Å². The zero-order valence-electron chi connectivity index (χ0n) is 11.6. The molecule has 16 heavy (non-hydrogen) atoms. The summed E-state index contributed by atoms with van der Waals surface area (Å²) in [6, 6.07) is 0.620. The molecule has 0 spiro atoms. The summed E-state index contributed by atoms with van der Waals surface area (Å²) in [5.74, 6) is 1.95. The zero-order chi connectivity index (χ0) is 12.3. The van der Waals surface area contributed by atoms with Gasteiger partial charge in [0.1, 0.15) is 0 Å². The van der Waals surface area contributed by atoms with Crippen molar-refractivity contribution in [1.82, 2.24) is 4.90 Å². The zero-order valence-corrected chi connectivity index (χ0v) is 11.6. The predicted molar refractivity (Wildman–Crippen MR) is 69.4 cm³/mol. The molecule has 0 aromatic carbocycles. The summed E-state index contributed by atoms with van der Waals surface area (Å²) in [6.45, 7) is 13.3. The Balaban J connectivity index is 2.51.